The number of nitrogens with zero attached hydrogens (tertiary/aromatic N) is 3. The van der Waals surface area contributed by atoms with E-state index in [0.29, 0.717) is 35.4 Å². The van der Waals surface area contributed by atoms with E-state index in [-0.39, 0.29) is 4.90 Å². The Morgan fingerprint density at radius 2 is 1.68 bits per heavy atom. The first kappa shape index (κ1) is 20.4. The highest BCUT2D eigenvalue weighted by molar-refractivity contribution is 7.92. The molecule has 0 atom stereocenters. The Kier molecular flexibility index (Phi) is 6.39. The summed E-state index contributed by atoms with van der Waals surface area (Å²) in [6.45, 7) is 8.21. The monoisotopic (exact) mass is 404 g/mol. The summed E-state index contributed by atoms with van der Waals surface area (Å²) >= 11 is 0. The van der Waals surface area contributed by atoms with Crippen LogP contribution in [0.1, 0.15) is 44.0 Å². The Morgan fingerprint density at radius 1 is 1.07 bits per heavy atom. The van der Waals surface area contributed by atoms with Gasteiger partial charge in [0, 0.05) is 13.1 Å². The number of hydrogen-bond donors (Lipinski definition) is 1. The molecule has 1 aliphatic rings. The molecule has 28 heavy (non-hydrogen) atoms. The zero-order valence-corrected chi connectivity index (χ0v) is 17.6. The van der Waals surface area contributed by atoms with Gasteiger partial charge in [-0.05, 0) is 57.4 Å². The fourth-order valence-electron chi connectivity index (χ4n) is 3.15. The Labute approximate surface area is 167 Å². The highest BCUT2D eigenvalue weighted by Crippen LogP contribution is 2.26. The molecule has 3 rings (SSSR count). The Hall–Kier alpha value is -2.35. The van der Waals surface area contributed by atoms with Crippen molar-refractivity contribution < 1.29 is 13.2 Å². The van der Waals surface area contributed by atoms with Crippen LogP contribution in [0.15, 0.2) is 29.2 Å². The molecule has 0 radical (unpaired) electrons. The molecule has 0 amide bonds. The molecular weight excluding hydrogens is 376 g/mol. The first-order chi connectivity index (χ1) is 13.4. The largest absolute Gasteiger partial charge is 0.494 e. The first-order valence-electron chi connectivity index (χ1n) is 9.76. The topological polar surface area (TPSA) is 84.4 Å². The van der Waals surface area contributed by atoms with Crippen molar-refractivity contribution in [1.82, 2.24) is 9.97 Å². The number of aryl methyl sites for hydroxylation is 2. The van der Waals surface area contributed by atoms with Crippen molar-refractivity contribution >= 4 is 21.7 Å². The summed E-state index contributed by atoms with van der Waals surface area (Å²) in [6.07, 6.45) is 4.28. The van der Waals surface area contributed by atoms with Gasteiger partial charge in [0.1, 0.15) is 5.75 Å². The van der Waals surface area contributed by atoms with Crippen molar-refractivity contribution in [3.8, 4) is 5.75 Å². The predicted molar refractivity (Wildman–Crippen MR) is 111 cm³/mol. The van der Waals surface area contributed by atoms with Crippen LogP contribution in [0.3, 0.4) is 0 Å². The van der Waals surface area contributed by atoms with E-state index >= 15 is 0 Å². The van der Waals surface area contributed by atoms with E-state index < -0.39 is 10.0 Å². The molecule has 2 heterocycles. The molecule has 0 spiro atoms. The number of hydrogen-bond acceptors (Lipinski definition) is 6. The van der Waals surface area contributed by atoms with E-state index in [1.165, 1.54) is 0 Å². The van der Waals surface area contributed by atoms with Gasteiger partial charge in [-0.1, -0.05) is 13.3 Å². The molecule has 7 nitrogen and oxygen atoms in total. The molecule has 1 fully saturated rings. The van der Waals surface area contributed by atoms with E-state index in [2.05, 4.69) is 26.5 Å². The first-order valence-corrected chi connectivity index (χ1v) is 11.2. The minimum absolute atomic E-state index is 0.178. The molecule has 0 bridgehead atoms. The van der Waals surface area contributed by atoms with Crippen LogP contribution in [-0.2, 0) is 10.0 Å². The van der Waals surface area contributed by atoms with Crippen molar-refractivity contribution in [1.29, 1.82) is 0 Å². The third-order valence-corrected chi connectivity index (χ3v) is 6.15. The third-order valence-electron chi connectivity index (χ3n) is 4.79. The molecule has 0 unspecified atom stereocenters. The molecule has 152 valence electrons. The zero-order chi connectivity index (χ0) is 20.1. The molecule has 1 saturated heterocycles. The van der Waals surface area contributed by atoms with Gasteiger partial charge in [0.25, 0.3) is 10.0 Å². The lowest BCUT2D eigenvalue weighted by molar-refractivity contribution is 0.309. The fraction of sp³-hybridized carbons (Fsp3) is 0.500. The lowest BCUT2D eigenvalue weighted by atomic mass is 10.3. The number of ether oxygens (including phenoxy) is 1. The van der Waals surface area contributed by atoms with Crippen LogP contribution in [-0.4, -0.2) is 38.1 Å². The van der Waals surface area contributed by atoms with Gasteiger partial charge in [0.2, 0.25) is 5.95 Å². The standard InChI is InChI=1S/C20H28N4O3S/c1-4-5-14-27-17-8-10-18(11-9-17)28(25,26)23-19-15(2)21-20(22-16(19)3)24-12-6-7-13-24/h8-11,23H,4-7,12-14H2,1-3H3. The highest BCUT2D eigenvalue weighted by atomic mass is 32.2. The summed E-state index contributed by atoms with van der Waals surface area (Å²) in [6, 6.07) is 6.45. The van der Waals surface area contributed by atoms with Gasteiger partial charge in [0.15, 0.2) is 0 Å². The molecular formula is C20H28N4O3S. The van der Waals surface area contributed by atoms with Crippen LogP contribution in [0.2, 0.25) is 0 Å². The Bertz CT molecular complexity index is 885. The second-order valence-corrected chi connectivity index (χ2v) is 8.72. The maximum atomic E-state index is 12.8. The van der Waals surface area contributed by atoms with Crippen LogP contribution in [0.4, 0.5) is 11.6 Å². The number of nitrogens with one attached hydrogen (secondary N) is 1. The van der Waals surface area contributed by atoms with Crippen molar-refractivity contribution in [2.45, 2.75) is 51.3 Å². The molecule has 2 aromatic rings. The summed E-state index contributed by atoms with van der Waals surface area (Å²) in [5, 5.41) is 0. The van der Waals surface area contributed by atoms with Gasteiger partial charge in [-0.15, -0.1) is 0 Å². The number of benzene rings is 1. The van der Waals surface area contributed by atoms with Gasteiger partial charge in [-0.25, -0.2) is 18.4 Å². The van der Waals surface area contributed by atoms with E-state index in [1.807, 2.05) is 0 Å². The summed E-state index contributed by atoms with van der Waals surface area (Å²) in [7, 11) is -3.73. The molecule has 1 N–H and O–H groups in total. The smallest absolute Gasteiger partial charge is 0.262 e. The molecule has 0 aliphatic carbocycles. The molecule has 8 heteroatoms. The van der Waals surface area contributed by atoms with E-state index in [9.17, 15) is 8.42 Å². The molecule has 1 aromatic carbocycles. The fourth-order valence-corrected chi connectivity index (χ4v) is 4.32. The van der Waals surface area contributed by atoms with Crippen LogP contribution in [0.5, 0.6) is 5.75 Å². The zero-order valence-electron chi connectivity index (χ0n) is 16.7. The molecule has 1 aromatic heterocycles. The van der Waals surface area contributed by atoms with Crippen LogP contribution < -0.4 is 14.4 Å². The highest BCUT2D eigenvalue weighted by Gasteiger charge is 2.21. The number of rotatable bonds is 8. The maximum absolute atomic E-state index is 12.8. The number of aromatic nitrogens is 2. The van der Waals surface area contributed by atoms with Crippen LogP contribution in [0.25, 0.3) is 0 Å². The Morgan fingerprint density at radius 3 is 2.25 bits per heavy atom. The predicted octanol–water partition coefficient (Wildman–Crippen LogP) is 3.67. The third kappa shape index (κ3) is 4.73. The quantitative estimate of drug-likeness (QED) is 0.676. The molecule has 0 saturated carbocycles. The summed E-state index contributed by atoms with van der Waals surface area (Å²) in [4.78, 5) is 11.3. The number of unbranched alkanes of at least 4 members (excludes halogenated alkanes) is 1. The normalized spacial score (nSPS) is 14.3. The van der Waals surface area contributed by atoms with Crippen LogP contribution in [0, 0.1) is 13.8 Å². The summed E-state index contributed by atoms with van der Waals surface area (Å²) < 4.78 is 33.8. The Balaban J connectivity index is 1.76. The minimum atomic E-state index is -3.73. The summed E-state index contributed by atoms with van der Waals surface area (Å²) in [5.74, 6) is 1.34. The van der Waals surface area contributed by atoms with Gasteiger partial charge in [0.05, 0.1) is 28.6 Å². The second kappa shape index (κ2) is 8.77. The van der Waals surface area contributed by atoms with Crippen LogP contribution >= 0.6 is 0 Å². The van der Waals surface area contributed by atoms with Crippen molar-refractivity contribution in [3.05, 3.63) is 35.7 Å². The van der Waals surface area contributed by atoms with Crippen molar-refractivity contribution in [3.63, 3.8) is 0 Å². The second-order valence-electron chi connectivity index (χ2n) is 7.04. The summed E-state index contributed by atoms with van der Waals surface area (Å²) in [5.41, 5.74) is 1.68. The number of sulfonamides is 1. The van der Waals surface area contributed by atoms with Gasteiger partial charge < -0.3 is 9.64 Å². The van der Waals surface area contributed by atoms with Gasteiger partial charge in [-0.2, -0.15) is 0 Å². The van der Waals surface area contributed by atoms with Crippen molar-refractivity contribution in [2.75, 3.05) is 29.3 Å². The number of anilines is 2. The van der Waals surface area contributed by atoms with Crippen molar-refractivity contribution in [2.24, 2.45) is 0 Å². The SMILES string of the molecule is CCCCOc1ccc(S(=O)(=O)Nc2c(C)nc(N3CCCC3)nc2C)cc1. The van der Waals surface area contributed by atoms with E-state index in [1.54, 1.807) is 38.1 Å². The van der Waals surface area contributed by atoms with E-state index in [4.69, 9.17) is 4.74 Å². The van der Waals surface area contributed by atoms with Gasteiger partial charge in [-0.3, -0.25) is 4.72 Å². The van der Waals surface area contributed by atoms with E-state index in [0.717, 1.165) is 38.8 Å². The lowest BCUT2D eigenvalue weighted by Gasteiger charge is -2.19. The lowest BCUT2D eigenvalue weighted by Crippen LogP contribution is -2.22. The average Bonchev–Trinajstić information content (AvgIpc) is 3.20. The minimum Gasteiger partial charge on any atom is -0.494 e. The maximum Gasteiger partial charge on any atom is 0.262 e. The van der Waals surface area contributed by atoms with Gasteiger partial charge >= 0.3 is 0 Å². The average molecular weight is 405 g/mol. The molecule has 1 aliphatic heterocycles.